The Balaban J connectivity index is 0.000000484. The van der Waals surface area contributed by atoms with Gasteiger partial charge < -0.3 is 55.6 Å². The topological polar surface area (TPSA) is 145 Å². The van der Waals surface area contributed by atoms with E-state index in [0.29, 0.717) is 61.9 Å². The lowest BCUT2D eigenvalue weighted by Crippen LogP contribution is -2.52. The molecule has 1 aliphatic carbocycles. The van der Waals surface area contributed by atoms with Crippen molar-refractivity contribution in [1.29, 1.82) is 0 Å². The molecule has 0 amide bonds. The summed E-state index contributed by atoms with van der Waals surface area (Å²) in [7, 11) is -5.62. The number of hydrogen-bond acceptors (Lipinski definition) is 14. The highest BCUT2D eigenvalue weighted by atomic mass is 28.5. The van der Waals surface area contributed by atoms with Crippen LogP contribution in [0.4, 0.5) is 0 Å². The Kier molecular flexibility index (Phi) is 46.2. The first-order valence-electron chi connectivity index (χ1n) is 40.0. The number of esters is 2. The highest BCUT2D eigenvalue weighted by Crippen LogP contribution is 2.35. The van der Waals surface area contributed by atoms with Crippen LogP contribution in [0.1, 0.15) is 212 Å². The Morgan fingerprint density at radius 1 is 0.371 bits per heavy atom. The summed E-state index contributed by atoms with van der Waals surface area (Å²) in [4.78, 5) is 24.3. The van der Waals surface area contributed by atoms with E-state index >= 15 is 0 Å². The van der Waals surface area contributed by atoms with E-state index in [-0.39, 0.29) is 40.0 Å². The van der Waals surface area contributed by atoms with Gasteiger partial charge in [0.2, 0.25) is 0 Å². The highest BCUT2D eigenvalue weighted by molar-refractivity contribution is 6.87. The van der Waals surface area contributed by atoms with Crippen molar-refractivity contribution < 1.29 is 65.2 Å². The Morgan fingerprint density at radius 2 is 0.667 bits per heavy atom. The number of carbonyl (C=O) groups excluding carboxylic acids is 2. The van der Waals surface area contributed by atoms with E-state index in [9.17, 15) is 9.59 Å². The van der Waals surface area contributed by atoms with E-state index < -0.39 is 25.2 Å². The summed E-state index contributed by atoms with van der Waals surface area (Å²) in [5, 5.41) is 0. The Hall–Kier alpha value is -4.57. The van der Waals surface area contributed by atoms with Gasteiger partial charge in [-0.15, -0.1) is 0 Å². The maximum Gasteiger partial charge on any atom is 0.311 e. The molecule has 1 saturated carbocycles. The second kappa shape index (κ2) is 50.3. The molecule has 0 aromatic heterocycles. The average Bonchev–Trinajstić information content (AvgIpc) is 0.808. The first kappa shape index (κ1) is 96.5. The summed E-state index contributed by atoms with van der Waals surface area (Å²) >= 11 is 0. The zero-order chi connectivity index (χ0) is 78.9. The van der Waals surface area contributed by atoms with Crippen LogP contribution in [0.5, 0.6) is 23.0 Å². The molecule has 105 heavy (non-hydrogen) atoms. The zero-order valence-corrected chi connectivity index (χ0v) is 74.2. The van der Waals surface area contributed by atoms with E-state index in [1.165, 1.54) is 22.3 Å². The van der Waals surface area contributed by atoms with E-state index in [4.69, 9.17) is 55.6 Å². The van der Waals surface area contributed by atoms with Crippen molar-refractivity contribution in [2.24, 2.45) is 58.2 Å². The minimum Gasteiger partial charge on any atom is -0.494 e. The van der Waals surface area contributed by atoms with Crippen molar-refractivity contribution in [3.05, 3.63) is 119 Å². The van der Waals surface area contributed by atoms with Crippen molar-refractivity contribution in [3.63, 3.8) is 0 Å². The first-order chi connectivity index (χ1) is 49.1. The van der Waals surface area contributed by atoms with Gasteiger partial charge >= 0.3 is 20.5 Å². The second-order valence-electron chi connectivity index (χ2n) is 36.0. The van der Waals surface area contributed by atoms with Crippen molar-refractivity contribution >= 4 is 37.1 Å². The third-order valence-electron chi connectivity index (χ3n) is 16.6. The lowest BCUT2D eigenvalue weighted by molar-refractivity contribution is -0.164. The molecule has 0 saturated heterocycles. The Morgan fingerprint density at radius 3 is 0.971 bits per heavy atom. The van der Waals surface area contributed by atoms with Crippen molar-refractivity contribution in [1.82, 2.24) is 0 Å². The van der Waals surface area contributed by atoms with Gasteiger partial charge in [-0.2, -0.15) is 0 Å². The van der Waals surface area contributed by atoms with Gasteiger partial charge in [0, 0.05) is 57.9 Å². The molecule has 0 spiro atoms. The molecule has 2 unspecified atom stereocenters. The van der Waals surface area contributed by atoms with Crippen LogP contribution >= 0.6 is 0 Å². The van der Waals surface area contributed by atoms with Crippen LogP contribution in [0.15, 0.2) is 97.1 Å². The SMILES string of the molecule is CC(C)(C)COCCC[Si](C)(C)O[Si](C)(C)O[Si](C)(C)CCCOCC(C)(C)C.CC(C)COC(=O)C1CCCCC1C(=O)OCC(C)C.CC(C)COCCCOc1ccc(C(C)(C)c2ccc(OCCCOCC(C)C)cc2)cc1.CC(C)COc1ccc(Cc2ccc(OCC(C)C)cc2)cc1. The molecule has 1 fully saturated rings. The standard InChI is InChI=1S/C29H44O4.C22H52O4Si3.C21H28O2.C16H28O4/c1-23(2)21-30-17-7-19-32-27-13-9-25(10-14-27)29(5,6)26-11-15-28(16-12-26)33-20-8-18-31-22-24(3)4;1-21(2,3)19-23-15-13-17-27(7,8)25-29(11,12)26-28(9,10)18-14-16-24-20-22(4,5)6;1-16(2)14-22-20-9-5-18(6-10-20)13-19-7-11-21(12-8-19)23-15-17(3)4;1-11(2)9-19-15(17)13-7-5-6-8-14(13)16(18)20-10-12(3)4/h9-16,23-24H,7-8,17-22H2,1-6H3;13-20H2,1-12H3;5-12,16-17H,13-15H2,1-4H3;11-14H,5-10H2,1-4H3. The molecule has 600 valence electrons. The monoisotopic (exact) mass is 1520 g/mol. The molecular formula is C88H152O14Si3. The summed E-state index contributed by atoms with van der Waals surface area (Å²) in [5.41, 5.74) is 5.46. The van der Waals surface area contributed by atoms with E-state index in [1.54, 1.807) is 0 Å². The van der Waals surface area contributed by atoms with E-state index in [0.717, 1.165) is 159 Å². The van der Waals surface area contributed by atoms with Crippen LogP contribution in [-0.4, -0.2) is 130 Å². The van der Waals surface area contributed by atoms with Crippen molar-refractivity contribution in [2.45, 2.75) is 253 Å². The van der Waals surface area contributed by atoms with Gasteiger partial charge in [-0.25, -0.2) is 0 Å². The fraction of sp³-hybridized carbons (Fsp3) is 0.705. The fourth-order valence-electron chi connectivity index (χ4n) is 11.4. The van der Waals surface area contributed by atoms with Crippen LogP contribution in [0.2, 0.25) is 51.4 Å². The van der Waals surface area contributed by atoms with Gasteiger partial charge in [-0.3, -0.25) is 9.59 Å². The van der Waals surface area contributed by atoms with Gasteiger partial charge in [0.15, 0.2) is 16.6 Å². The van der Waals surface area contributed by atoms with Crippen molar-refractivity contribution in [3.8, 4) is 23.0 Å². The van der Waals surface area contributed by atoms with Gasteiger partial charge in [-0.1, -0.05) is 200 Å². The predicted octanol–water partition coefficient (Wildman–Crippen LogP) is 22.5. The number of hydrogen-bond donors (Lipinski definition) is 0. The maximum absolute atomic E-state index is 12.1. The molecule has 2 atom stereocenters. The molecule has 1 aliphatic rings. The Bertz CT molecular complexity index is 2680. The van der Waals surface area contributed by atoms with E-state index in [1.807, 2.05) is 27.7 Å². The maximum atomic E-state index is 12.1. The summed E-state index contributed by atoms with van der Waals surface area (Å²) in [6.07, 6.45) is 8.31. The van der Waals surface area contributed by atoms with Gasteiger partial charge in [-0.05, 0) is 201 Å². The Labute approximate surface area is 644 Å². The third-order valence-corrected chi connectivity index (χ3v) is 28.1. The zero-order valence-electron chi connectivity index (χ0n) is 71.2. The summed E-state index contributed by atoms with van der Waals surface area (Å²) in [6, 6.07) is 35.9. The third kappa shape index (κ3) is 47.9. The van der Waals surface area contributed by atoms with Gasteiger partial charge in [0.05, 0.1) is 64.7 Å². The number of benzene rings is 4. The van der Waals surface area contributed by atoms with Crippen LogP contribution < -0.4 is 18.9 Å². The average molecular weight is 1520 g/mol. The first-order valence-corrected chi connectivity index (χ1v) is 49.0. The predicted molar refractivity (Wildman–Crippen MR) is 444 cm³/mol. The van der Waals surface area contributed by atoms with Gasteiger partial charge in [0.25, 0.3) is 0 Å². The van der Waals surface area contributed by atoms with Crippen LogP contribution in [0, 0.1) is 58.2 Å². The molecular weight excluding hydrogens is 1370 g/mol. The molecule has 0 N–H and O–H groups in total. The number of rotatable bonds is 44. The molecule has 0 aliphatic heterocycles. The highest BCUT2D eigenvalue weighted by Gasteiger charge is 2.40. The lowest BCUT2D eigenvalue weighted by Gasteiger charge is -2.38. The molecule has 0 radical (unpaired) electrons. The fourth-order valence-corrected chi connectivity index (χ4v) is 25.4. The minimum atomic E-state index is -2.13. The molecule has 4 aromatic carbocycles. The second-order valence-corrected chi connectivity index (χ2v) is 48.5. The van der Waals surface area contributed by atoms with Crippen LogP contribution in [0.3, 0.4) is 0 Å². The molecule has 4 aromatic rings. The molecule has 0 heterocycles. The summed E-state index contributed by atoms with van der Waals surface area (Å²) < 4.78 is 70.0. The minimum absolute atomic E-state index is 0.105. The molecule has 0 bridgehead atoms. The normalized spacial score (nSPS) is 14.5. The van der Waals surface area contributed by atoms with Gasteiger partial charge in [0.1, 0.15) is 23.0 Å². The quantitative estimate of drug-likeness (QED) is 0.0235. The number of carbonyl (C=O) groups is 2. The summed E-state index contributed by atoms with van der Waals surface area (Å²) in [6.45, 7) is 66.9. The smallest absolute Gasteiger partial charge is 0.311 e. The molecule has 14 nitrogen and oxygen atoms in total. The van der Waals surface area contributed by atoms with Crippen molar-refractivity contribution in [2.75, 3.05) is 92.5 Å². The molecule has 17 heteroatoms. The van der Waals surface area contributed by atoms with Crippen LogP contribution in [0.25, 0.3) is 0 Å². The lowest BCUT2D eigenvalue weighted by atomic mass is 9.78. The largest absolute Gasteiger partial charge is 0.494 e. The van der Waals surface area contributed by atoms with E-state index in [2.05, 4.69) is 247 Å². The van der Waals surface area contributed by atoms with Crippen LogP contribution in [-0.2, 0) is 58.1 Å². The number of ether oxygens (including phenoxy) is 10. The summed E-state index contributed by atoms with van der Waals surface area (Å²) in [5.74, 6) is 5.47. The molecule has 5 rings (SSSR count).